The highest BCUT2D eigenvalue weighted by Gasteiger charge is 2.33. The maximum absolute atomic E-state index is 12.1. The number of amides is 1. The van der Waals surface area contributed by atoms with E-state index >= 15 is 0 Å². The Morgan fingerprint density at radius 3 is 2.32 bits per heavy atom. The first-order chi connectivity index (χ1) is 9.08. The van der Waals surface area contributed by atoms with E-state index in [1.807, 2.05) is 32.0 Å². The molecular weight excluding hydrogens is 242 g/mol. The van der Waals surface area contributed by atoms with Gasteiger partial charge in [0.25, 0.3) is 0 Å². The minimum atomic E-state index is -1.14. The molecule has 1 unspecified atom stereocenters. The predicted octanol–water partition coefficient (Wildman–Crippen LogP) is 0.914. The van der Waals surface area contributed by atoms with Crippen molar-refractivity contribution < 1.29 is 14.7 Å². The lowest BCUT2D eigenvalue weighted by atomic mass is 10.0. The molecule has 0 radical (unpaired) electrons. The molecule has 1 saturated heterocycles. The maximum atomic E-state index is 12.1. The zero-order chi connectivity index (χ0) is 14.0. The van der Waals surface area contributed by atoms with Crippen molar-refractivity contribution in [3.8, 4) is 0 Å². The molecule has 1 heterocycles. The molecule has 1 amide bonds. The summed E-state index contributed by atoms with van der Waals surface area (Å²) in [5, 5.41) is 10.9. The van der Waals surface area contributed by atoms with Crippen LogP contribution in [0.5, 0.6) is 0 Å². The van der Waals surface area contributed by atoms with E-state index in [2.05, 4.69) is 0 Å². The lowest BCUT2D eigenvalue weighted by molar-refractivity contribution is -0.310. The van der Waals surface area contributed by atoms with Crippen molar-refractivity contribution in [2.45, 2.75) is 33.1 Å². The Kier molecular flexibility index (Phi) is 3.88. The average molecular weight is 260 g/mol. The first-order valence-corrected chi connectivity index (χ1v) is 6.70. The van der Waals surface area contributed by atoms with Gasteiger partial charge in [0.2, 0.25) is 5.91 Å². The second-order valence-corrected chi connectivity index (χ2v) is 4.86. The topological polar surface area (TPSA) is 60.4 Å². The number of aliphatic carboxylic acids is 1. The van der Waals surface area contributed by atoms with Crippen LogP contribution in [0.3, 0.4) is 0 Å². The number of carboxylic acid groups (broad SMARTS) is 1. The van der Waals surface area contributed by atoms with Crippen LogP contribution in [-0.4, -0.2) is 18.4 Å². The fourth-order valence-electron chi connectivity index (χ4n) is 2.64. The highest BCUT2D eigenvalue weighted by molar-refractivity contribution is 6.00. The summed E-state index contributed by atoms with van der Waals surface area (Å²) in [5.41, 5.74) is 3.08. The van der Waals surface area contributed by atoms with Crippen molar-refractivity contribution in [3.63, 3.8) is 0 Å². The summed E-state index contributed by atoms with van der Waals surface area (Å²) in [5.74, 6) is -1.95. The summed E-state index contributed by atoms with van der Waals surface area (Å²) in [6, 6.07) is 5.97. The molecule has 0 aromatic heterocycles. The van der Waals surface area contributed by atoms with Crippen LogP contribution in [0.15, 0.2) is 18.2 Å². The molecular formula is C15H18NO3-. The van der Waals surface area contributed by atoms with Gasteiger partial charge in [0.05, 0.1) is 0 Å². The number of carbonyl (C=O) groups excluding carboxylic acids is 2. The Morgan fingerprint density at radius 1 is 1.32 bits per heavy atom. The molecule has 0 aliphatic carbocycles. The number of para-hydroxylation sites is 1. The fourth-order valence-corrected chi connectivity index (χ4v) is 2.64. The molecule has 0 saturated carbocycles. The summed E-state index contributed by atoms with van der Waals surface area (Å²) in [6.07, 6.45) is 1.69. The average Bonchev–Trinajstić information content (AvgIpc) is 2.79. The zero-order valence-electron chi connectivity index (χ0n) is 11.3. The summed E-state index contributed by atoms with van der Waals surface area (Å²) >= 11 is 0. The lowest BCUT2D eigenvalue weighted by Gasteiger charge is -2.23. The smallest absolute Gasteiger partial charge is 0.227 e. The number of hydrogen-bond acceptors (Lipinski definition) is 3. The number of rotatable bonds is 4. The van der Waals surface area contributed by atoms with E-state index in [1.54, 1.807) is 4.90 Å². The minimum Gasteiger partial charge on any atom is -0.550 e. The van der Waals surface area contributed by atoms with Gasteiger partial charge in [0, 0.05) is 30.5 Å². The van der Waals surface area contributed by atoms with Gasteiger partial charge in [0.1, 0.15) is 0 Å². The number of hydrogen-bond donors (Lipinski definition) is 0. The molecule has 1 aliphatic heterocycles. The normalized spacial score (nSPS) is 18.9. The maximum Gasteiger partial charge on any atom is 0.227 e. The number of carboxylic acids is 1. The Bertz CT molecular complexity index is 488. The van der Waals surface area contributed by atoms with Crippen molar-refractivity contribution >= 4 is 17.6 Å². The van der Waals surface area contributed by atoms with E-state index in [4.69, 9.17) is 0 Å². The Hall–Kier alpha value is -1.84. The molecule has 1 aromatic rings. The van der Waals surface area contributed by atoms with Crippen molar-refractivity contribution in [1.82, 2.24) is 0 Å². The van der Waals surface area contributed by atoms with Gasteiger partial charge in [-0.05, 0) is 24.0 Å². The SMILES string of the molecule is CCc1cccc(CC)c1N1CC(C(=O)[O-])CC1=O. The molecule has 0 spiro atoms. The number of anilines is 1. The quantitative estimate of drug-likeness (QED) is 0.808. The summed E-state index contributed by atoms with van der Waals surface area (Å²) < 4.78 is 0. The van der Waals surface area contributed by atoms with Crippen LogP contribution in [-0.2, 0) is 22.4 Å². The van der Waals surface area contributed by atoms with Crippen molar-refractivity contribution in [3.05, 3.63) is 29.3 Å². The van der Waals surface area contributed by atoms with Crippen LogP contribution in [0.2, 0.25) is 0 Å². The van der Waals surface area contributed by atoms with E-state index in [1.165, 1.54) is 0 Å². The van der Waals surface area contributed by atoms with E-state index < -0.39 is 11.9 Å². The van der Waals surface area contributed by atoms with Crippen LogP contribution in [0.4, 0.5) is 5.69 Å². The molecule has 1 fully saturated rings. The Labute approximate surface area is 113 Å². The van der Waals surface area contributed by atoms with Crippen molar-refractivity contribution in [2.24, 2.45) is 5.92 Å². The van der Waals surface area contributed by atoms with Crippen molar-refractivity contribution in [1.29, 1.82) is 0 Å². The van der Waals surface area contributed by atoms with Crippen LogP contribution >= 0.6 is 0 Å². The van der Waals surface area contributed by atoms with Gasteiger partial charge >= 0.3 is 0 Å². The summed E-state index contributed by atoms with van der Waals surface area (Å²) in [4.78, 5) is 24.6. The van der Waals surface area contributed by atoms with Gasteiger partial charge in [-0.1, -0.05) is 32.0 Å². The summed E-state index contributed by atoms with van der Waals surface area (Å²) in [6.45, 7) is 4.30. The van der Waals surface area contributed by atoms with E-state index in [9.17, 15) is 14.7 Å². The van der Waals surface area contributed by atoms with E-state index in [0.29, 0.717) is 0 Å². The van der Waals surface area contributed by atoms with E-state index in [0.717, 1.165) is 29.7 Å². The molecule has 2 rings (SSSR count). The molecule has 4 heteroatoms. The van der Waals surface area contributed by atoms with Gasteiger partial charge in [0.15, 0.2) is 0 Å². The van der Waals surface area contributed by atoms with Gasteiger partial charge in [-0.15, -0.1) is 0 Å². The standard InChI is InChI=1S/C15H19NO3/c1-3-10-6-5-7-11(4-2)14(10)16-9-12(15(18)19)8-13(16)17/h5-7,12H,3-4,8-9H2,1-2H3,(H,18,19)/p-1. The molecule has 0 bridgehead atoms. The van der Waals surface area contributed by atoms with Gasteiger partial charge in [-0.25, -0.2) is 0 Å². The highest BCUT2D eigenvalue weighted by Crippen LogP contribution is 2.32. The highest BCUT2D eigenvalue weighted by atomic mass is 16.4. The van der Waals surface area contributed by atoms with E-state index in [-0.39, 0.29) is 18.9 Å². The van der Waals surface area contributed by atoms with Gasteiger partial charge < -0.3 is 14.8 Å². The largest absolute Gasteiger partial charge is 0.550 e. The second kappa shape index (κ2) is 5.43. The second-order valence-electron chi connectivity index (χ2n) is 4.86. The number of benzene rings is 1. The van der Waals surface area contributed by atoms with Crippen LogP contribution in [0, 0.1) is 5.92 Å². The molecule has 1 aliphatic rings. The number of carbonyl (C=O) groups is 2. The Morgan fingerprint density at radius 2 is 1.89 bits per heavy atom. The summed E-state index contributed by atoms with van der Waals surface area (Å²) in [7, 11) is 0. The van der Waals surface area contributed by atoms with Crippen LogP contribution in [0.1, 0.15) is 31.4 Å². The van der Waals surface area contributed by atoms with Gasteiger partial charge in [-0.2, -0.15) is 0 Å². The molecule has 102 valence electrons. The third kappa shape index (κ3) is 2.48. The van der Waals surface area contributed by atoms with Crippen molar-refractivity contribution in [2.75, 3.05) is 11.4 Å². The van der Waals surface area contributed by atoms with Gasteiger partial charge in [-0.3, -0.25) is 4.79 Å². The first kappa shape index (κ1) is 13.6. The lowest BCUT2D eigenvalue weighted by Crippen LogP contribution is -2.34. The predicted molar refractivity (Wildman–Crippen MR) is 70.7 cm³/mol. The molecule has 0 N–H and O–H groups in total. The molecule has 1 aromatic carbocycles. The number of aryl methyl sites for hydroxylation is 2. The third-order valence-corrected chi connectivity index (χ3v) is 3.69. The fraction of sp³-hybridized carbons (Fsp3) is 0.467. The number of nitrogens with zero attached hydrogens (tertiary/aromatic N) is 1. The third-order valence-electron chi connectivity index (χ3n) is 3.69. The zero-order valence-corrected chi connectivity index (χ0v) is 11.3. The minimum absolute atomic E-state index is 0.0452. The van der Waals surface area contributed by atoms with Crippen LogP contribution in [0.25, 0.3) is 0 Å². The van der Waals surface area contributed by atoms with Crippen LogP contribution < -0.4 is 10.0 Å². The molecule has 19 heavy (non-hydrogen) atoms. The Balaban J connectivity index is 2.41. The monoisotopic (exact) mass is 260 g/mol. The molecule has 1 atom stereocenters. The molecule has 4 nitrogen and oxygen atoms in total. The first-order valence-electron chi connectivity index (χ1n) is 6.70.